The lowest BCUT2D eigenvalue weighted by molar-refractivity contribution is -0.192. The molecule has 1 aliphatic heterocycles. The number of carbonyl (C=O) groups is 1. The number of nitrogens with one attached hydrogen (secondary N) is 3. The molecule has 1 saturated heterocycles. The minimum Gasteiger partial charge on any atom is -0.484 e. The van der Waals surface area contributed by atoms with Gasteiger partial charge in [0, 0.05) is 23.1 Å². The molecule has 3 aliphatic carbocycles. The van der Waals surface area contributed by atoms with Crippen molar-refractivity contribution in [3.63, 3.8) is 0 Å². The second-order valence-electron chi connectivity index (χ2n) is 9.48. The number of amides is 1. The summed E-state index contributed by atoms with van der Waals surface area (Å²) >= 11 is 11.4. The van der Waals surface area contributed by atoms with E-state index < -0.39 is 41.3 Å². The molecule has 2 aromatic rings. The molecule has 2 unspecified atom stereocenters. The van der Waals surface area contributed by atoms with Crippen molar-refractivity contribution >= 4 is 29.1 Å². The highest BCUT2D eigenvalue weighted by atomic mass is 35.5. The third-order valence-electron chi connectivity index (χ3n) is 7.30. The number of halogens is 4. The average molecular weight is 544 g/mol. The number of fused-ring (bicyclic) bond motifs is 3. The number of hydrogen-bond acceptors (Lipinski definition) is 7. The summed E-state index contributed by atoms with van der Waals surface area (Å²) in [6, 6.07) is 8.05. The Kier molecular flexibility index (Phi) is 7.01. The maximum Gasteiger partial charge on any atom is 0.273 e. The van der Waals surface area contributed by atoms with Gasteiger partial charge in [-0.1, -0.05) is 23.2 Å². The lowest BCUT2D eigenvalue weighted by Crippen LogP contribution is -2.66. The van der Waals surface area contributed by atoms with E-state index in [1.165, 1.54) is 30.3 Å². The van der Waals surface area contributed by atoms with E-state index in [9.17, 15) is 18.7 Å². The molecule has 0 aromatic heterocycles. The SMILES string of the molecule is O=C(COc1ccc(Cl)c(F)c1)NC12CCC(C3NNC(Oc4ccc(Cl)c(F)c4)O3)(CC1)[C@H](O)C2. The normalized spacial score (nSPS) is 31.3. The molecule has 0 radical (unpaired) electrons. The first-order valence-electron chi connectivity index (χ1n) is 11.5. The first-order chi connectivity index (χ1) is 17.2. The van der Waals surface area contributed by atoms with Gasteiger partial charge in [-0.3, -0.25) is 4.79 Å². The molecule has 4 aliphatic rings. The van der Waals surface area contributed by atoms with Crippen molar-refractivity contribution in [2.24, 2.45) is 5.41 Å². The van der Waals surface area contributed by atoms with Gasteiger partial charge in [-0.25, -0.2) is 14.2 Å². The van der Waals surface area contributed by atoms with Crippen LogP contribution in [0.1, 0.15) is 32.1 Å². The van der Waals surface area contributed by atoms with Crippen LogP contribution in [-0.2, 0) is 9.53 Å². The quantitative estimate of drug-likeness (QED) is 0.423. The Morgan fingerprint density at radius 2 is 1.69 bits per heavy atom. The highest BCUT2D eigenvalue weighted by molar-refractivity contribution is 6.31. The van der Waals surface area contributed by atoms with Crippen LogP contribution in [0.15, 0.2) is 36.4 Å². The van der Waals surface area contributed by atoms with E-state index in [1.54, 1.807) is 0 Å². The van der Waals surface area contributed by atoms with Crippen LogP contribution in [0.25, 0.3) is 0 Å². The van der Waals surface area contributed by atoms with Crippen LogP contribution in [0.5, 0.6) is 11.5 Å². The Hall–Kier alpha value is -2.21. The summed E-state index contributed by atoms with van der Waals surface area (Å²) in [6.07, 6.45) is 0.633. The Bertz CT molecular complexity index is 1150. The smallest absolute Gasteiger partial charge is 0.273 e. The number of hydrogen-bond donors (Lipinski definition) is 4. The Morgan fingerprint density at radius 3 is 2.33 bits per heavy atom. The molecular weight excluding hydrogens is 519 g/mol. The van der Waals surface area contributed by atoms with Gasteiger partial charge in [-0.05, 0) is 56.4 Å². The van der Waals surface area contributed by atoms with Gasteiger partial charge in [-0.2, -0.15) is 5.43 Å². The molecule has 1 heterocycles. The van der Waals surface area contributed by atoms with Gasteiger partial charge >= 0.3 is 0 Å². The number of benzene rings is 2. The van der Waals surface area contributed by atoms with E-state index in [0.717, 1.165) is 6.07 Å². The van der Waals surface area contributed by atoms with Crippen LogP contribution < -0.4 is 25.6 Å². The van der Waals surface area contributed by atoms with Crippen LogP contribution in [-0.4, -0.2) is 41.9 Å². The van der Waals surface area contributed by atoms with Gasteiger partial charge < -0.3 is 24.6 Å². The predicted molar refractivity (Wildman–Crippen MR) is 126 cm³/mol. The molecule has 12 heteroatoms. The Balaban J connectivity index is 1.15. The van der Waals surface area contributed by atoms with Crippen molar-refractivity contribution in [1.82, 2.24) is 16.2 Å². The van der Waals surface area contributed by atoms with Crippen molar-refractivity contribution in [3.8, 4) is 11.5 Å². The minimum absolute atomic E-state index is 0.00825. The summed E-state index contributed by atoms with van der Waals surface area (Å²) in [5.41, 5.74) is 4.78. The molecule has 4 fully saturated rings. The number of aliphatic hydroxyl groups is 1. The van der Waals surface area contributed by atoms with E-state index in [2.05, 4.69) is 16.2 Å². The fourth-order valence-electron chi connectivity index (χ4n) is 5.31. The van der Waals surface area contributed by atoms with E-state index >= 15 is 0 Å². The second kappa shape index (κ2) is 9.92. The third-order valence-corrected chi connectivity index (χ3v) is 7.91. The lowest BCUT2D eigenvalue weighted by Gasteiger charge is -2.57. The predicted octanol–water partition coefficient (Wildman–Crippen LogP) is 3.64. The third kappa shape index (κ3) is 4.98. The van der Waals surface area contributed by atoms with Crippen molar-refractivity contribution in [2.75, 3.05) is 6.61 Å². The van der Waals surface area contributed by atoms with Gasteiger partial charge in [-0.15, -0.1) is 0 Å². The molecule has 2 bridgehead atoms. The Labute approximate surface area is 216 Å². The van der Waals surface area contributed by atoms with Crippen LogP contribution in [0, 0.1) is 17.0 Å². The summed E-state index contributed by atoms with van der Waals surface area (Å²) in [7, 11) is 0. The molecular formula is C24H25Cl2F2N3O5. The van der Waals surface area contributed by atoms with E-state index in [-0.39, 0.29) is 34.1 Å². The van der Waals surface area contributed by atoms with Crippen molar-refractivity contribution in [2.45, 2.75) is 56.4 Å². The lowest BCUT2D eigenvalue weighted by atomic mass is 9.55. The summed E-state index contributed by atoms with van der Waals surface area (Å²) in [5, 5.41) is 14.1. The van der Waals surface area contributed by atoms with E-state index in [4.69, 9.17) is 37.4 Å². The molecule has 8 nitrogen and oxygen atoms in total. The summed E-state index contributed by atoms with van der Waals surface area (Å²) < 4.78 is 44.3. The first-order valence-corrected chi connectivity index (χ1v) is 12.3. The van der Waals surface area contributed by atoms with Gasteiger partial charge in [0.15, 0.2) is 6.61 Å². The topological polar surface area (TPSA) is 101 Å². The van der Waals surface area contributed by atoms with Gasteiger partial charge in [0.2, 0.25) is 0 Å². The molecule has 3 atom stereocenters. The van der Waals surface area contributed by atoms with Crippen LogP contribution in [0.4, 0.5) is 8.78 Å². The first kappa shape index (κ1) is 25.4. The highest BCUT2D eigenvalue weighted by Gasteiger charge is 2.59. The standard InChI is InChI=1S/C24H25Cl2F2N3O5/c25-15-3-1-13(9-17(15)27)34-12-20(33)29-23-5-7-24(8-6-23,19(32)11-23)21-30-31-22(36-21)35-14-2-4-16(26)18(28)10-14/h1-4,9-10,19,21-22,30-32H,5-8,11-12H2,(H,29,33)/t19-,21?,22?,23?,24?/m1/s1. The van der Waals surface area contributed by atoms with E-state index in [1.807, 2.05) is 0 Å². The number of hydrazine groups is 1. The molecule has 36 heavy (non-hydrogen) atoms. The number of carbonyl (C=O) groups excluding carboxylic acids is 1. The van der Waals surface area contributed by atoms with Gasteiger partial charge in [0.05, 0.1) is 16.1 Å². The van der Waals surface area contributed by atoms with Crippen LogP contribution in [0.3, 0.4) is 0 Å². The van der Waals surface area contributed by atoms with Gasteiger partial charge in [0.25, 0.3) is 12.3 Å². The number of ether oxygens (including phenoxy) is 3. The maximum atomic E-state index is 13.7. The van der Waals surface area contributed by atoms with Crippen LogP contribution >= 0.6 is 23.2 Å². The average Bonchev–Trinajstić information content (AvgIpc) is 3.32. The zero-order valence-corrected chi connectivity index (χ0v) is 20.5. The fraction of sp³-hybridized carbons (Fsp3) is 0.458. The van der Waals surface area contributed by atoms with Gasteiger partial charge in [0.1, 0.15) is 29.4 Å². The zero-order chi connectivity index (χ0) is 25.5. The highest BCUT2D eigenvalue weighted by Crippen LogP contribution is 2.54. The monoisotopic (exact) mass is 543 g/mol. The molecule has 1 amide bonds. The number of aliphatic hydroxyl groups excluding tert-OH is 1. The van der Waals surface area contributed by atoms with E-state index in [0.29, 0.717) is 32.1 Å². The van der Waals surface area contributed by atoms with Crippen LogP contribution in [0.2, 0.25) is 10.0 Å². The molecule has 4 N–H and O–H groups in total. The summed E-state index contributed by atoms with van der Waals surface area (Å²) in [6.45, 7) is -0.286. The second-order valence-corrected chi connectivity index (χ2v) is 10.3. The Morgan fingerprint density at radius 1 is 1.06 bits per heavy atom. The summed E-state index contributed by atoms with van der Waals surface area (Å²) in [4.78, 5) is 12.6. The minimum atomic E-state index is -0.889. The zero-order valence-electron chi connectivity index (χ0n) is 19.0. The van der Waals surface area contributed by atoms with Crippen molar-refractivity contribution in [1.29, 1.82) is 0 Å². The largest absolute Gasteiger partial charge is 0.484 e. The molecule has 2 aromatic carbocycles. The number of rotatable bonds is 7. The fourth-order valence-corrected chi connectivity index (χ4v) is 5.55. The van der Waals surface area contributed by atoms with Crippen molar-refractivity contribution < 1.29 is 32.9 Å². The molecule has 194 valence electrons. The summed E-state index contributed by atoms with van der Waals surface area (Å²) in [5.74, 6) is -1.14. The maximum absolute atomic E-state index is 13.7. The van der Waals surface area contributed by atoms with Crippen molar-refractivity contribution in [3.05, 3.63) is 58.1 Å². The molecule has 6 rings (SSSR count). The molecule has 0 spiro atoms. The molecule has 3 saturated carbocycles.